The summed E-state index contributed by atoms with van der Waals surface area (Å²) in [6, 6.07) is -0.0397. The van der Waals surface area contributed by atoms with E-state index in [1.54, 1.807) is 12.4 Å². The van der Waals surface area contributed by atoms with E-state index < -0.39 is 0 Å². The summed E-state index contributed by atoms with van der Waals surface area (Å²) in [5.41, 5.74) is 1.74. The van der Waals surface area contributed by atoms with Gasteiger partial charge in [-0.15, -0.1) is 0 Å². The van der Waals surface area contributed by atoms with Crippen LogP contribution in [0.4, 0.5) is 0 Å². The van der Waals surface area contributed by atoms with Crippen molar-refractivity contribution >= 4 is 5.91 Å². The van der Waals surface area contributed by atoms with Crippen LogP contribution in [0.5, 0.6) is 0 Å². The molecule has 5 nitrogen and oxygen atoms in total. The standard InChI is InChI=1S/C12H18N4O/c1-9-6-15-10(7-14-9)8-16-5-3-4-11(13-2)12(16)17/h6-7,11,13H,3-5,8H2,1-2H3. The number of aryl methyl sites for hydroxylation is 1. The van der Waals surface area contributed by atoms with Gasteiger partial charge in [0.15, 0.2) is 0 Å². The topological polar surface area (TPSA) is 58.1 Å². The van der Waals surface area contributed by atoms with Gasteiger partial charge in [-0.2, -0.15) is 0 Å². The summed E-state index contributed by atoms with van der Waals surface area (Å²) in [4.78, 5) is 22.4. The number of carbonyl (C=O) groups excluding carboxylic acids is 1. The zero-order chi connectivity index (χ0) is 12.3. The maximum Gasteiger partial charge on any atom is 0.240 e. The number of rotatable bonds is 3. The Kier molecular flexibility index (Phi) is 3.68. The van der Waals surface area contributed by atoms with Gasteiger partial charge in [-0.3, -0.25) is 14.8 Å². The third-order valence-electron chi connectivity index (χ3n) is 3.07. The Hall–Kier alpha value is -1.49. The normalized spacial score (nSPS) is 20.7. The van der Waals surface area contributed by atoms with E-state index in [1.165, 1.54) is 0 Å². The van der Waals surface area contributed by atoms with Crippen LogP contribution in [-0.4, -0.2) is 40.4 Å². The number of nitrogens with one attached hydrogen (secondary N) is 1. The lowest BCUT2D eigenvalue weighted by molar-refractivity contribution is -0.136. The van der Waals surface area contributed by atoms with Crippen LogP contribution in [0.3, 0.4) is 0 Å². The zero-order valence-corrected chi connectivity index (χ0v) is 10.3. The maximum atomic E-state index is 12.0. The van der Waals surface area contributed by atoms with Gasteiger partial charge < -0.3 is 10.2 Å². The lowest BCUT2D eigenvalue weighted by atomic mass is 10.0. The SMILES string of the molecule is CNC1CCCN(Cc2cnc(C)cn2)C1=O. The first-order valence-electron chi connectivity index (χ1n) is 5.94. The first-order chi connectivity index (χ1) is 8.20. The number of amides is 1. The van der Waals surface area contributed by atoms with Crippen molar-refractivity contribution < 1.29 is 4.79 Å². The molecule has 0 saturated carbocycles. The minimum Gasteiger partial charge on any atom is -0.335 e. The third kappa shape index (κ3) is 2.79. The summed E-state index contributed by atoms with van der Waals surface area (Å²) in [6.45, 7) is 3.27. The summed E-state index contributed by atoms with van der Waals surface area (Å²) < 4.78 is 0. The molecule has 1 saturated heterocycles. The van der Waals surface area contributed by atoms with E-state index >= 15 is 0 Å². The van der Waals surface area contributed by atoms with E-state index in [9.17, 15) is 4.79 Å². The van der Waals surface area contributed by atoms with Crippen LogP contribution in [0.1, 0.15) is 24.2 Å². The predicted molar refractivity (Wildman–Crippen MR) is 64.3 cm³/mol. The molecule has 0 spiro atoms. The van der Waals surface area contributed by atoms with E-state index in [0.29, 0.717) is 6.54 Å². The van der Waals surface area contributed by atoms with Gasteiger partial charge in [0.25, 0.3) is 0 Å². The Labute approximate surface area is 101 Å². The second kappa shape index (κ2) is 5.23. The molecule has 1 unspecified atom stereocenters. The van der Waals surface area contributed by atoms with Crippen LogP contribution < -0.4 is 5.32 Å². The number of likely N-dealkylation sites (tertiary alicyclic amines) is 1. The highest BCUT2D eigenvalue weighted by atomic mass is 16.2. The highest BCUT2D eigenvalue weighted by Gasteiger charge is 2.27. The molecule has 1 amide bonds. The van der Waals surface area contributed by atoms with Crippen LogP contribution in [0.25, 0.3) is 0 Å². The molecule has 0 aromatic carbocycles. The molecule has 1 aliphatic rings. The van der Waals surface area contributed by atoms with Crippen molar-refractivity contribution in [2.75, 3.05) is 13.6 Å². The molecule has 2 rings (SSSR count). The molecular weight excluding hydrogens is 216 g/mol. The van der Waals surface area contributed by atoms with Crippen molar-refractivity contribution in [2.45, 2.75) is 32.4 Å². The molecule has 1 aromatic heterocycles. The number of hydrogen-bond acceptors (Lipinski definition) is 4. The van der Waals surface area contributed by atoms with E-state index in [0.717, 1.165) is 30.8 Å². The summed E-state index contributed by atoms with van der Waals surface area (Å²) in [5.74, 6) is 0.168. The first kappa shape index (κ1) is 12.0. The van der Waals surface area contributed by atoms with Gasteiger partial charge in [-0.05, 0) is 26.8 Å². The fraction of sp³-hybridized carbons (Fsp3) is 0.583. The van der Waals surface area contributed by atoms with E-state index in [-0.39, 0.29) is 11.9 Å². The van der Waals surface area contributed by atoms with Crippen molar-refractivity contribution in [3.8, 4) is 0 Å². The van der Waals surface area contributed by atoms with Crippen molar-refractivity contribution in [1.82, 2.24) is 20.2 Å². The number of aromatic nitrogens is 2. The fourth-order valence-electron chi connectivity index (χ4n) is 2.06. The number of likely N-dealkylation sites (N-methyl/N-ethyl adjacent to an activating group) is 1. The van der Waals surface area contributed by atoms with Crippen LogP contribution in [0.2, 0.25) is 0 Å². The van der Waals surface area contributed by atoms with Gasteiger partial charge in [-0.25, -0.2) is 0 Å². The molecule has 1 fully saturated rings. The monoisotopic (exact) mass is 234 g/mol. The lowest BCUT2D eigenvalue weighted by Gasteiger charge is -2.31. The number of hydrogen-bond donors (Lipinski definition) is 1. The predicted octanol–water partition coefficient (Wildman–Crippen LogP) is 0.495. The van der Waals surface area contributed by atoms with E-state index in [1.807, 2.05) is 18.9 Å². The maximum absolute atomic E-state index is 12.0. The Morgan fingerprint density at radius 2 is 2.29 bits per heavy atom. The van der Waals surface area contributed by atoms with Crippen molar-refractivity contribution in [2.24, 2.45) is 0 Å². The van der Waals surface area contributed by atoms with E-state index in [2.05, 4.69) is 15.3 Å². The van der Waals surface area contributed by atoms with E-state index in [4.69, 9.17) is 0 Å². The Balaban J connectivity index is 2.02. The Morgan fingerprint density at radius 1 is 1.47 bits per heavy atom. The second-order valence-corrected chi connectivity index (χ2v) is 4.39. The van der Waals surface area contributed by atoms with Gasteiger partial charge in [0.1, 0.15) is 0 Å². The van der Waals surface area contributed by atoms with Crippen molar-refractivity contribution in [3.63, 3.8) is 0 Å². The Morgan fingerprint density at radius 3 is 2.94 bits per heavy atom. The van der Waals surface area contributed by atoms with Crippen LogP contribution in [-0.2, 0) is 11.3 Å². The number of carbonyl (C=O) groups is 1. The van der Waals surface area contributed by atoms with Crippen molar-refractivity contribution in [1.29, 1.82) is 0 Å². The molecule has 5 heteroatoms. The highest BCUT2D eigenvalue weighted by molar-refractivity contribution is 5.82. The average Bonchev–Trinajstić information content (AvgIpc) is 2.35. The quantitative estimate of drug-likeness (QED) is 0.827. The largest absolute Gasteiger partial charge is 0.335 e. The number of piperidine rings is 1. The van der Waals surface area contributed by atoms with Crippen LogP contribution >= 0.6 is 0 Å². The lowest BCUT2D eigenvalue weighted by Crippen LogP contribution is -2.49. The summed E-state index contributed by atoms with van der Waals surface area (Å²) >= 11 is 0. The summed E-state index contributed by atoms with van der Waals surface area (Å²) in [7, 11) is 1.83. The molecule has 2 heterocycles. The van der Waals surface area contributed by atoms with Crippen molar-refractivity contribution in [3.05, 3.63) is 23.8 Å². The smallest absolute Gasteiger partial charge is 0.240 e. The average molecular weight is 234 g/mol. The molecule has 92 valence electrons. The fourth-order valence-corrected chi connectivity index (χ4v) is 2.06. The third-order valence-corrected chi connectivity index (χ3v) is 3.07. The van der Waals surface area contributed by atoms with Crippen LogP contribution in [0.15, 0.2) is 12.4 Å². The van der Waals surface area contributed by atoms with Gasteiger partial charge in [0.05, 0.1) is 30.2 Å². The molecule has 0 radical (unpaired) electrons. The van der Waals surface area contributed by atoms with Crippen LogP contribution in [0, 0.1) is 6.92 Å². The molecule has 1 aliphatic heterocycles. The summed E-state index contributed by atoms with van der Waals surface area (Å²) in [6.07, 6.45) is 5.44. The Bertz CT molecular complexity index is 390. The zero-order valence-electron chi connectivity index (χ0n) is 10.3. The molecule has 17 heavy (non-hydrogen) atoms. The molecule has 0 bridgehead atoms. The second-order valence-electron chi connectivity index (χ2n) is 4.39. The highest BCUT2D eigenvalue weighted by Crippen LogP contribution is 2.13. The molecule has 1 N–H and O–H groups in total. The summed E-state index contributed by atoms with van der Waals surface area (Å²) in [5, 5.41) is 3.05. The molecule has 1 atom stereocenters. The van der Waals surface area contributed by atoms with Gasteiger partial charge in [0, 0.05) is 12.7 Å². The first-order valence-corrected chi connectivity index (χ1v) is 5.94. The molecular formula is C12H18N4O. The minimum absolute atomic E-state index is 0.0397. The minimum atomic E-state index is -0.0397. The van der Waals surface area contributed by atoms with Gasteiger partial charge in [0.2, 0.25) is 5.91 Å². The molecule has 0 aliphatic carbocycles. The van der Waals surface area contributed by atoms with Gasteiger partial charge >= 0.3 is 0 Å². The van der Waals surface area contributed by atoms with Gasteiger partial charge in [-0.1, -0.05) is 0 Å². The number of nitrogens with zero attached hydrogens (tertiary/aromatic N) is 3. The molecule has 1 aromatic rings.